The van der Waals surface area contributed by atoms with Gasteiger partial charge < -0.3 is 10.4 Å². The van der Waals surface area contributed by atoms with Crippen LogP contribution in [0.4, 0.5) is 11.4 Å². The number of anilines is 1. The van der Waals surface area contributed by atoms with E-state index >= 15 is 0 Å². The number of hydrogen-bond acceptors (Lipinski definition) is 6. The third kappa shape index (κ3) is 2.93. The predicted octanol–water partition coefficient (Wildman–Crippen LogP) is 0.506. The Morgan fingerprint density at radius 1 is 1.44 bits per heavy atom. The van der Waals surface area contributed by atoms with Gasteiger partial charge in [-0.25, -0.2) is 0 Å². The van der Waals surface area contributed by atoms with Crippen LogP contribution < -0.4 is 5.32 Å². The minimum atomic E-state index is -4.85. The average Bonchev–Trinajstić information content (AvgIpc) is 2.17. The Balaban J connectivity index is 3.57. The van der Waals surface area contributed by atoms with Crippen molar-refractivity contribution < 1.29 is 27.8 Å². The Morgan fingerprint density at radius 2 is 2.00 bits per heavy atom. The normalized spacial score (nSPS) is 11.0. The van der Waals surface area contributed by atoms with Crippen molar-refractivity contribution in [3.05, 3.63) is 22.2 Å². The van der Waals surface area contributed by atoms with Crippen molar-refractivity contribution in [2.45, 2.75) is 11.8 Å². The lowest BCUT2D eigenvalue weighted by atomic mass is 10.2. The van der Waals surface area contributed by atoms with Gasteiger partial charge in [0.1, 0.15) is 4.90 Å². The van der Waals surface area contributed by atoms with E-state index in [2.05, 4.69) is 5.32 Å². The Hall–Kier alpha value is -2.20. The number of carbonyl (C=O) groups is 1. The highest BCUT2D eigenvalue weighted by atomic mass is 32.2. The van der Waals surface area contributed by atoms with E-state index in [1.165, 1.54) is 0 Å². The Morgan fingerprint density at radius 3 is 2.39 bits per heavy atom. The van der Waals surface area contributed by atoms with Crippen LogP contribution in [-0.4, -0.2) is 28.9 Å². The lowest BCUT2D eigenvalue weighted by Gasteiger charge is -2.06. The molecule has 0 spiro atoms. The third-order valence-corrected chi connectivity index (χ3v) is 2.72. The number of nitro benzene ring substituents is 1. The van der Waals surface area contributed by atoms with Gasteiger partial charge in [0.25, 0.3) is 10.1 Å². The molecule has 0 aliphatic heterocycles. The zero-order valence-electron chi connectivity index (χ0n) is 8.95. The molecule has 9 nitrogen and oxygen atoms in total. The largest absolute Gasteiger partial charge is 0.501 e. The van der Waals surface area contributed by atoms with Crippen LogP contribution in [0.15, 0.2) is 17.0 Å². The smallest absolute Gasteiger partial charge is 0.314 e. The standard InChI is InChI=1S/C8H8N2O7S/c1-4(11)9-5-2-6(10(13)14)8(12)7(3-5)18(15,16)17/h2-3,12H,1H3,(H,9,11)(H,15,16,17). The van der Waals surface area contributed by atoms with Crippen LogP contribution in [0, 0.1) is 10.1 Å². The number of nitrogens with one attached hydrogen (secondary N) is 1. The second-order valence-electron chi connectivity index (χ2n) is 3.26. The molecule has 0 saturated carbocycles. The summed E-state index contributed by atoms with van der Waals surface area (Å²) >= 11 is 0. The van der Waals surface area contributed by atoms with Gasteiger partial charge >= 0.3 is 5.69 Å². The molecule has 0 aliphatic rings. The zero-order chi connectivity index (χ0) is 14.1. The topological polar surface area (TPSA) is 147 Å². The Kier molecular flexibility index (Phi) is 3.53. The highest BCUT2D eigenvalue weighted by Crippen LogP contribution is 2.36. The molecule has 0 aliphatic carbocycles. The van der Waals surface area contributed by atoms with Gasteiger partial charge in [0, 0.05) is 18.7 Å². The number of benzene rings is 1. The fourth-order valence-electron chi connectivity index (χ4n) is 1.20. The lowest BCUT2D eigenvalue weighted by molar-refractivity contribution is -0.386. The van der Waals surface area contributed by atoms with Crippen LogP contribution in [0.1, 0.15) is 6.92 Å². The van der Waals surface area contributed by atoms with Crippen molar-refractivity contribution >= 4 is 27.4 Å². The van der Waals surface area contributed by atoms with Gasteiger partial charge in [-0.2, -0.15) is 8.42 Å². The maximum atomic E-state index is 10.9. The molecule has 0 heterocycles. The lowest BCUT2D eigenvalue weighted by Crippen LogP contribution is -2.08. The van der Waals surface area contributed by atoms with Crippen molar-refractivity contribution in [3.8, 4) is 5.75 Å². The number of hydrogen-bond donors (Lipinski definition) is 3. The number of rotatable bonds is 3. The second-order valence-corrected chi connectivity index (χ2v) is 4.65. The first-order valence-corrected chi connectivity index (χ1v) is 5.83. The van der Waals surface area contributed by atoms with E-state index in [0.29, 0.717) is 6.07 Å². The fraction of sp³-hybridized carbons (Fsp3) is 0.125. The maximum absolute atomic E-state index is 10.9. The number of amides is 1. The number of nitro groups is 1. The number of carbonyl (C=O) groups excluding carboxylic acids is 1. The molecule has 0 bridgehead atoms. The quantitative estimate of drug-likeness (QED) is 0.315. The zero-order valence-corrected chi connectivity index (χ0v) is 9.76. The van der Waals surface area contributed by atoms with Crippen molar-refractivity contribution in [2.24, 2.45) is 0 Å². The molecular weight excluding hydrogens is 268 g/mol. The van der Waals surface area contributed by atoms with Crippen LogP contribution in [-0.2, 0) is 14.9 Å². The third-order valence-electron chi connectivity index (χ3n) is 1.85. The molecule has 0 radical (unpaired) electrons. The van der Waals surface area contributed by atoms with E-state index in [-0.39, 0.29) is 5.69 Å². The van der Waals surface area contributed by atoms with Gasteiger partial charge in [0.15, 0.2) is 0 Å². The molecule has 1 rings (SSSR count). The first kappa shape index (κ1) is 13.9. The first-order chi connectivity index (χ1) is 8.12. The molecule has 1 aromatic rings. The number of phenols is 1. The monoisotopic (exact) mass is 276 g/mol. The maximum Gasteiger partial charge on any atom is 0.314 e. The van der Waals surface area contributed by atoms with E-state index in [4.69, 9.17) is 4.55 Å². The SMILES string of the molecule is CC(=O)Nc1cc([N+](=O)[O-])c(O)c(S(=O)(=O)O)c1. The van der Waals surface area contributed by atoms with Gasteiger partial charge in [-0.15, -0.1) is 0 Å². The van der Waals surface area contributed by atoms with Crippen LogP contribution >= 0.6 is 0 Å². The molecule has 98 valence electrons. The fourth-order valence-corrected chi connectivity index (χ4v) is 1.83. The minimum Gasteiger partial charge on any atom is -0.501 e. The molecule has 10 heteroatoms. The molecule has 1 aromatic carbocycles. The molecular formula is C8H8N2O7S. The summed E-state index contributed by atoms with van der Waals surface area (Å²) < 4.78 is 30.7. The summed E-state index contributed by atoms with van der Waals surface area (Å²) in [6.07, 6.45) is 0. The molecule has 0 fully saturated rings. The highest BCUT2D eigenvalue weighted by Gasteiger charge is 2.26. The molecule has 0 saturated heterocycles. The summed E-state index contributed by atoms with van der Waals surface area (Å²) in [5.41, 5.74) is -1.19. The van der Waals surface area contributed by atoms with Crippen molar-refractivity contribution in [1.82, 2.24) is 0 Å². The van der Waals surface area contributed by atoms with Crippen molar-refractivity contribution in [1.29, 1.82) is 0 Å². The van der Waals surface area contributed by atoms with Crippen LogP contribution in [0.25, 0.3) is 0 Å². The van der Waals surface area contributed by atoms with E-state index in [0.717, 1.165) is 13.0 Å². The number of aromatic hydroxyl groups is 1. The summed E-state index contributed by atoms with van der Waals surface area (Å²) in [5.74, 6) is -1.80. The Bertz CT molecular complexity index is 623. The first-order valence-electron chi connectivity index (χ1n) is 4.39. The summed E-state index contributed by atoms with van der Waals surface area (Å²) in [7, 11) is -4.85. The average molecular weight is 276 g/mol. The molecule has 0 aromatic heterocycles. The van der Waals surface area contributed by atoms with E-state index in [1.807, 2.05) is 0 Å². The van der Waals surface area contributed by atoms with E-state index < -0.39 is 37.3 Å². The van der Waals surface area contributed by atoms with Crippen LogP contribution in [0.3, 0.4) is 0 Å². The molecule has 0 unspecified atom stereocenters. The summed E-state index contributed by atoms with van der Waals surface area (Å²) in [5, 5.41) is 22.1. The minimum absolute atomic E-state index is 0.236. The number of phenolic OH excluding ortho intramolecular Hbond substituents is 1. The number of nitrogens with zero attached hydrogens (tertiary/aromatic N) is 1. The van der Waals surface area contributed by atoms with Gasteiger partial charge in [-0.05, 0) is 6.07 Å². The summed E-state index contributed by atoms with van der Waals surface area (Å²) in [6.45, 7) is 1.10. The van der Waals surface area contributed by atoms with Gasteiger partial charge in [0.2, 0.25) is 11.7 Å². The molecule has 18 heavy (non-hydrogen) atoms. The second kappa shape index (κ2) is 4.58. The Labute approximate surface area is 101 Å². The van der Waals surface area contributed by atoms with E-state index in [1.54, 1.807) is 0 Å². The molecule has 1 amide bonds. The predicted molar refractivity (Wildman–Crippen MR) is 58.9 cm³/mol. The van der Waals surface area contributed by atoms with Crippen molar-refractivity contribution in [2.75, 3.05) is 5.32 Å². The summed E-state index contributed by atoms with van der Waals surface area (Å²) in [4.78, 5) is 19.3. The van der Waals surface area contributed by atoms with E-state index in [9.17, 15) is 28.4 Å². The van der Waals surface area contributed by atoms with Crippen LogP contribution in [0.2, 0.25) is 0 Å². The molecule has 3 N–H and O–H groups in total. The summed E-state index contributed by atoms with van der Waals surface area (Å²) in [6, 6.07) is 1.48. The van der Waals surface area contributed by atoms with Crippen LogP contribution in [0.5, 0.6) is 5.75 Å². The van der Waals surface area contributed by atoms with Gasteiger partial charge in [-0.1, -0.05) is 0 Å². The van der Waals surface area contributed by atoms with Gasteiger partial charge in [0.05, 0.1) is 4.92 Å². The molecule has 0 atom stereocenters. The highest BCUT2D eigenvalue weighted by molar-refractivity contribution is 7.86. The van der Waals surface area contributed by atoms with Gasteiger partial charge in [-0.3, -0.25) is 19.5 Å². The van der Waals surface area contributed by atoms with Crippen molar-refractivity contribution in [3.63, 3.8) is 0 Å².